The summed E-state index contributed by atoms with van der Waals surface area (Å²) >= 11 is 0. The van der Waals surface area contributed by atoms with E-state index in [2.05, 4.69) is 5.16 Å². The van der Waals surface area contributed by atoms with Gasteiger partial charge in [0.2, 0.25) is 0 Å². The molecule has 2 aromatic rings. The molecule has 0 fully saturated rings. The summed E-state index contributed by atoms with van der Waals surface area (Å²) in [4.78, 5) is 11.2. The first-order valence-corrected chi connectivity index (χ1v) is 5.96. The Labute approximate surface area is 115 Å². The first-order chi connectivity index (χ1) is 9.56. The lowest BCUT2D eigenvalue weighted by molar-refractivity contribution is 0.0694. The highest BCUT2D eigenvalue weighted by atomic mass is 16.5. The number of carbonyl (C=O) groups is 1. The number of nitrogens with zero attached hydrogens (tertiary/aromatic N) is 1. The van der Waals surface area contributed by atoms with Crippen molar-refractivity contribution in [2.45, 2.75) is 13.3 Å². The molecule has 0 atom stereocenters. The number of aryl methyl sites for hydroxylation is 1. The largest absolute Gasteiger partial charge is 0.497 e. The van der Waals surface area contributed by atoms with Crippen molar-refractivity contribution in [2.75, 3.05) is 14.2 Å². The third kappa shape index (κ3) is 2.59. The van der Waals surface area contributed by atoms with E-state index in [1.165, 1.54) is 0 Å². The molecule has 0 saturated carbocycles. The fraction of sp³-hybridized carbons (Fsp3) is 0.286. The van der Waals surface area contributed by atoms with Gasteiger partial charge >= 0.3 is 5.97 Å². The quantitative estimate of drug-likeness (QED) is 0.903. The number of ether oxygens (including phenoxy) is 2. The molecule has 1 N–H and O–H groups in total. The Bertz CT molecular complexity index is 632. The van der Waals surface area contributed by atoms with Crippen molar-refractivity contribution in [3.63, 3.8) is 0 Å². The zero-order chi connectivity index (χ0) is 14.7. The number of carboxylic acids is 1. The van der Waals surface area contributed by atoms with E-state index in [0.29, 0.717) is 29.4 Å². The Morgan fingerprint density at radius 1 is 1.35 bits per heavy atom. The van der Waals surface area contributed by atoms with Crippen LogP contribution >= 0.6 is 0 Å². The standard InChI is InChI=1S/C14H15NO5/c1-8-13(14(16)17)11(15-20-8)6-9-4-5-10(18-2)7-12(9)19-3/h4-5,7H,6H2,1-3H3,(H,16,17). The number of hydrogen-bond acceptors (Lipinski definition) is 5. The van der Waals surface area contributed by atoms with Crippen LogP contribution in [0.25, 0.3) is 0 Å². The minimum absolute atomic E-state index is 0.0999. The van der Waals surface area contributed by atoms with Crippen molar-refractivity contribution in [1.82, 2.24) is 5.16 Å². The predicted octanol–water partition coefficient (Wildman–Crippen LogP) is 2.29. The maximum atomic E-state index is 11.2. The average Bonchev–Trinajstić information content (AvgIpc) is 2.80. The van der Waals surface area contributed by atoms with Gasteiger partial charge in [-0.15, -0.1) is 0 Å². The second-order valence-corrected chi connectivity index (χ2v) is 4.22. The number of methoxy groups -OCH3 is 2. The first kappa shape index (κ1) is 13.9. The van der Waals surface area contributed by atoms with Crippen LogP contribution in [0, 0.1) is 6.92 Å². The van der Waals surface area contributed by atoms with Crippen LogP contribution in [-0.4, -0.2) is 30.5 Å². The monoisotopic (exact) mass is 277 g/mol. The molecule has 6 heteroatoms. The molecular formula is C14H15NO5. The van der Waals surface area contributed by atoms with Crippen molar-refractivity contribution >= 4 is 5.97 Å². The molecule has 0 aliphatic heterocycles. The molecule has 0 spiro atoms. The second kappa shape index (κ2) is 5.64. The fourth-order valence-corrected chi connectivity index (χ4v) is 1.99. The Balaban J connectivity index is 2.37. The lowest BCUT2D eigenvalue weighted by Crippen LogP contribution is -2.03. The van der Waals surface area contributed by atoms with Crippen LogP contribution in [0.5, 0.6) is 11.5 Å². The van der Waals surface area contributed by atoms with Crippen molar-refractivity contribution in [3.05, 3.63) is 40.8 Å². The molecule has 0 saturated heterocycles. The van der Waals surface area contributed by atoms with Crippen LogP contribution in [0.3, 0.4) is 0 Å². The normalized spacial score (nSPS) is 10.3. The highest BCUT2D eigenvalue weighted by Crippen LogP contribution is 2.27. The van der Waals surface area contributed by atoms with Gasteiger partial charge in [-0.1, -0.05) is 11.2 Å². The van der Waals surface area contributed by atoms with Gasteiger partial charge in [0, 0.05) is 18.1 Å². The molecule has 1 aromatic heterocycles. The first-order valence-electron chi connectivity index (χ1n) is 5.96. The minimum Gasteiger partial charge on any atom is -0.497 e. The molecule has 0 radical (unpaired) electrons. The third-order valence-electron chi connectivity index (χ3n) is 3.00. The van der Waals surface area contributed by atoms with Crippen LogP contribution in [0.4, 0.5) is 0 Å². The molecule has 0 amide bonds. The van der Waals surface area contributed by atoms with E-state index in [1.54, 1.807) is 33.3 Å². The molecule has 0 unspecified atom stereocenters. The van der Waals surface area contributed by atoms with E-state index in [-0.39, 0.29) is 5.56 Å². The van der Waals surface area contributed by atoms with Gasteiger partial charge in [0.1, 0.15) is 28.5 Å². The van der Waals surface area contributed by atoms with Crippen LogP contribution in [-0.2, 0) is 6.42 Å². The minimum atomic E-state index is -1.05. The highest BCUT2D eigenvalue weighted by Gasteiger charge is 2.20. The zero-order valence-corrected chi connectivity index (χ0v) is 11.5. The van der Waals surface area contributed by atoms with Crippen LogP contribution in [0.15, 0.2) is 22.7 Å². The topological polar surface area (TPSA) is 81.8 Å². The van der Waals surface area contributed by atoms with Gasteiger partial charge in [0.05, 0.1) is 14.2 Å². The number of aromatic carboxylic acids is 1. The summed E-state index contributed by atoms with van der Waals surface area (Å²) in [6.45, 7) is 1.57. The van der Waals surface area contributed by atoms with Crippen molar-refractivity contribution in [3.8, 4) is 11.5 Å². The average molecular weight is 277 g/mol. The van der Waals surface area contributed by atoms with Crippen LogP contribution < -0.4 is 9.47 Å². The molecule has 106 valence electrons. The predicted molar refractivity (Wildman–Crippen MR) is 70.6 cm³/mol. The van der Waals surface area contributed by atoms with Crippen LogP contribution in [0.1, 0.15) is 27.4 Å². The maximum absolute atomic E-state index is 11.2. The molecule has 0 aliphatic carbocycles. The molecule has 0 bridgehead atoms. The van der Waals surface area contributed by atoms with Gasteiger partial charge in [0.15, 0.2) is 0 Å². The van der Waals surface area contributed by atoms with E-state index >= 15 is 0 Å². The smallest absolute Gasteiger partial charge is 0.341 e. The van der Waals surface area contributed by atoms with E-state index in [0.717, 1.165) is 5.56 Å². The Morgan fingerprint density at radius 3 is 2.70 bits per heavy atom. The van der Waals surface area contributed by atoms with Gasteiger partial charge in [-0.05, 0) is 13.0 Å². The number of carboxylic acid groups (broad SMARTS) is 1. The lowest BCUT2D eigenvalue weighted by atomic mass is 10.0. The fourth-order valence-electron chi connectivity index (χ4n) is 1.99. The van der Waals surface area contributed by atoms with E-state index in [9.17, 15) is 9.90 Å². The lowest BCUT2D eigenvalue weighted by Gasteiger charge is -2.09. The maximum Gasteiger partial charge on any atom is 0.341 e. The number of rotatable bonds is 5. The summed E-state index contributed by atoms with van der Waals surface area (Å²) in [5.74, 6) is 0.521. The van der Waals surface area contributed by atoms with Gasteiger partial charge in [-0.3, -0.25) is 0 Å². The summed E-state index contributed by atoms with van der Waals surface area (Å²) in [5.41, 5.74) is 1.28. The molecule has 2 rings (SSSR count). The van der Waals surface area contributed by atoms with Gasteiger partial charge in [-0.25, -0.2) is 4.79 Å². The van der Waals surface area contributed by atoms with E-state index in [4.69, 9.17) is 14.0 Å². The SMILES string of the molecule is COc1ccc(Cc2noc(C)c2C(=O)O)c(OC)c1. The Morgan fingerprint density at radius 2 is 2.10 bits per heavy atom. The van der Waals surface area contributed by atoms with Crippen molar-refractivity contribution < 1.29 is 23.9 Å². The molecule has 6 nitrogen and oxygen atoms in total. The summed E-state index contributed by atoms with van der Waals surface area (Å²) in [5, 5.41) is 13.0. The number of aromatic nitrogens is 1. The third-order valence-corrected chi connectivity index (χ3v) is 3.00. The molecule has 20 heavy (non-hydrogen) atoms. The molecular weight excluding hydrogens is 262 g/mol. The number of hydrogen-bond donors (Lipinski definition) is 1. The van der Waals surface area contributed by atoms with E-state index < -0.39 is 5.97 Å². The zero-order valence-electron chi connectivity index (χ0n) is 11.5. The molecule has 1 heterocycles. The van der Waals surface area contributed by atoms with Gasteiger partial charge in [-0.2, -0.15) is 0 Å². The summed E-state index contributed by atoms with van der Waals surface area (Å²) in [6.07, 6.45) is 0.312. The van der Waals surface area contributed by atoms with Gasteiger partial charge in [0.25, 0.3) is 0 Å². The molecule has 1 aromatic carbocycles. The summed E-state index contributed by atoms with van der Waals surface area (Å²) in [6, 6.07) is 5.33. The Hall–Kier alpha value is -2.50. The summed E-state index contributed by atoms with van der Waals surface area (Å²) < 4.78 is 15.4. The molecule has 0 aliphatic rings. The van der Waals surface area contributed by atoms with Crippen LogP contribution in [0.2, 0.25) is 0 Å². The second-order valence-electron chi connectivity index (χ2n) is 4.22. The number of benzene rings is 1. The van der Waals surface area contributed by atoms with E-state index in [1.807, 2.05) is 6.07 Å². The summed E-state index contributed by atoms with van der Waals surface area (Å²) in [7, 11) is 3.11. The van der Waals surface area contributed by atoms with Gasteiger partial charge < -0.3 is 19.1 Å². The Kier molecular flexibility index (Phi) is 3.93. The van der Waals surface area contributed by atoms with Crippen molar-refractivity contribution in [1.29, 1.82) is 0 Å². The highest BCUT2D eigenvalue weighted by molar-refractivity contribution is 5.90. The van der Waals surface area contributed by atoms with Crippen molar-refractivity contribution in [2.24, 2.45) is 0 Å².